The Hall–Kier alpha value is -1.84. The second-order valence-electron chi connectivity index (χ2n) is 6.76. The van der Waals surface area contributed by atoms with Crippen LogP contribution in [0.3, 0.4) is 0 Å². The molecule has 1 aromatic rings. The minimum Gasteiger partial charge on any atom is -0.464 e. The van der Waals surface area contributed by atoms with E-state index in [-0.39, 0.29) is 17.8 Å². The summed E-state index contributed by atoms with van der Waals surface area (Å²) in [6.45, 7) is 10.4. The summed E-state index contributed by atoms with van der Waals surface area (Å²) in [5.41, 5.74) is 1.64. The van der Waals surface area contributed by atoms with Gasteiger partial charge in [0, 0.05) is 5.56 Å². The third-order valence-corrected chi connectivity index (χ3v) is 3.69. The summed E-state index contributed by atoms with van der Waals surface area (Å²) >= 11 is 0. The monoisotopic (exact) mass is 319 g/mol. The Balaban J connectivity index is 2.58. The van der Waals surface area contributed by atoms with Crippen molar-refractivity contribution in [3.8, 4) is 0 Å². The van der Waals surface area contributed by atoms with Gasteiger partial charge in [0.2, 0.25) is 0 Å². The molecule has 1 rings (SSSR count). The lowest BCUT2D eigenvalue weighted by atomic mass is 10.0. The van der Waals surface area contributed by atoms with E-state index >= 15 is 0 Å². The van der Waals surface area contributed by atoms with Crippen LogP contribution in [0.4, 0.5) is 0 Å². The molecule has 4 nitrogen and oxygen atoms in total. The van der Waals surface area contributed by atoms with E-state index < -0.39 is 6.04 Å². The summed E-state index contributed by atoms with van der Waals surface area (Å²) in [6, 6.07) is 6.65. The van der Waals surface area contributed by atoms with Gasteiger partial charge in [-0.3, -0.25) is 4.79 Å². The van der Waals surface area contributed by atoms with Crippen LogP contribution in [0.15, 0.2) is 24.3 Å². The Morgan fingerprint density at radius 3 is 2.22 bits per heavy atom. The molecule has 0 fully saturated rings. The normalized spacial score (nSPS) is 12.3. The third kappa shape index (κ3) is 6.85. The highest BCUT2D eigenvalue weighted by Gasteiger charge is 2.26. The zero-order valence-electron chi connectivity index (χ0n) is 14.9. The predicted octanol–water partition coefficient (Wildman–Crippen LogP) is 3.73. The fourth-order valence-electron chi connectivity index (χ4n) is 2.18. The van der Waals surface area contributed by atoms with Crippen LogP contribution in [0, 0.1) is 18.8 Å². The Morgan fingerprint density at radius 1 is 1.09 bits per heavy atom. The topological polar surface area (TPSA) is 55.4 Å². The van der Waals surface area contributed by atoms with Crippen molar-refractivity contribution in [2.24, 2.45) is 11.8 Å². The molecule has 0 bridgehead atoms. The molecule has 1 aromatic carbocycles. The Morgan fingerprint density at radius 2 is 1.70 bits per heavy atom. The molecule has 0 saturated heterocycles. The summed E-state index contributed by atoms with van der Waals surface area (Å²) in [6.07, 6.45) is 1.87. The number of carbonyl (C=O) groups excluding carboxylic acids is 2. The number of esters is 1. The summed E-state index contributed by atoms with van der Waals surface area (Å²) in [7, 11) is 0. The van der Waals surface area contributed by atoms with Gasteiger partial charge in [0.25, 0.3) is 5.91 Å². The standard InChI is InChI=1S/C19H29NO3/c1-13(2)7-6-12-23-19(22)17(14(3)4)20-18(21)16-10-8-15(5)9-11-16/h8-11,13-14,17H,6-7,12H2,1-5H3,(H,20,21). The molecule has 1 N–H and O–H groups in total. The Labute approximate surface area is 139 Å². The summed E-state index contributed by atoms with van der Waals surface area (Å²) in [4.78, 5) is 24.5. The van der Waals surface area contributed by atoms with Gasteiger partial charge in [-0.05, 0) is 43.7 Å². The molecule has 128 valence electrons. The van der Waals surface area contributed by atoms with Crippen LogP contribution >= 0.6 is 0 Å². The van der Waals surface area contributed by atoms with Crippen LogP contribution in [0.2, 0.25) is 0 Å². The van der Waals surface area contributed by atoms with Crippen LogP contribution < -0.4 is 5.32 Å². The molecule has 0 aromatic heterocycles. The van der Waals surface area contributed by atoms with E-state index in [9.17, 15) is 9.59 Å². The molecular weight excluding hydrogens is 290 g/mol. The molecule has 0 heterocycles. The van der Waals surface area contributed by atoms with Gasteiger partial charge in [-0.25, -0.2) is 4.79 Å². The maximum atomic E-state index is 12.3. The third-order valence-electron chi connectivity index (χ3n) is 3.69. The fraction of sp³-hybridized carbons (Fsp3) is 0.579. The first kappa shape index (κ1) is 19.2. The van der Waals surface area contributed by atoms with E-state index in [0.717, 1.165) is 18.4 Å². The smallest absolute Gasteiger partial charge is 0.328 e. The van der Waals surface area contributed by atoms with Crippen LogP contribution in [-0.4, -0.2) is 24.5 Å². The van der Waals surface area contributed by atoms with Gasteiger partial charge in [-0.15, -0.1) is 0 Å². The quantitative estimate of drug-likeness (QED) is 0.587. The number of amides is 1. The second kappa shape index (κ2) is 9.33. The number of rotatable bonds is 8. The van der Waals surface area contributed by atoms with Gasteiger partial charge in [0.1, 0.15) is 6.04 Å². The fourth-order valence-corrected chi connectivity index (χ4v) is 2.18. The van der Waals surface area contributed by atoms with E-state index in [2.05, 4.69) is 19.2 Å². The second-order valence-corrected chi connectivity index (χ2v) is 6.76. The summed E-state index contributed by atoms with van der Waals surface area (Å²) in [5.74, 6) is -0.0371. The van der Waals surface area contributed by atoms with Crippen molar-refractivity contribution in [1.29, 1.82) is 0 Å². The summed E-state index contributed by atoms with van der Waals surface area (Å²) < 4.78 is 5.32. The van der Waals surface area contributed by atoms with E-state index in [0.29, 0.717) is 18.1 Å². The highest BCUT2D eigenvalue weighted by atomic mass is 16.5. The highest BCUT2D eigenvalue weighted by molar-refractivity contribution is 5.96. The van der Waals surface area contributed by atoms with Crippen molar-refractivity contribution in [1.82, 2.24) is 5.32 Å². The number of benzene rings is 1. The number of hydrogen-bond acceptors (Lipinski definition) is 3. The number of ether oxygens (including phenoxy) is 1. The van der Waals surface area contributed by atoms with Gasteiger partial charge in [-0.1, -0.05) is 45.4 Å². The lowest BCUT2D eigenvalue weighted by Gasteiger charge is -2.21. The lowest BCUT2D eigenvalue weighted by molar-refractivity contribution is -0.147. The first-order valence-electron chi connectivity index (χ1n) is 8.35. The molecule has 1 atom stereocenters. The van der Waals surface area contributed by atoms with Gasteiger partial charge in [0.05, 0.1) is 6.61 Å². The minimum atomic E-state index is -0.622. The number of carbonyl (C=O) groups is 2. The van der Waals surface area contributed by atoms with E-state index in [1.807, 2.05) is 32.9 Å². The molecule has 0 spiro atoms. The first-order chi connectivity index (χ1) is 10.8. The van der Waals surface area contributed by atoms with Crippen LogP contribution in [0.25, 0.3) is 0 Å². The average Bonchev–Trinajstić information content (AvgIpc) is 2.48. The minimum absolute atomic E-state index is 0.0259. The van der Waals surface area contributed by atoms with Crippen molar-refractivity contribution in [2.45, 2.75) is 53.5 Å². The van der Waals surface area contributed by atoms with Crippen molar-refractivity contribution in [2.75, 3.05) is 6.61 Å². The predicted molar refractivity (Wildman–Crippen MR) is 92.3 cm³/mol. The number of nitrogens with one attached hydrogen (secondary N) is 1. The molecule has 0 saturated carbocycles. The molecule has 0 aliphatic carbocycles. The summed E-state index contributed by atoms with van der Waals surface area (Å²) in [5, 5.41) is 2.79. The van der Waals surface area contributed by atoms with Crippen molar-refractivity contribution in [3.05, 3.63) is 35.4 Å². The molecular formula is C19H29NO3. The molecule has 0 radical (unpaired) electrons. The number of aryl methyl sites for hydroxylation is 1. The maximum absolute atomic E-state index is 12.3. The molecule has 23 heavy (non-hydrogen) atoms. The molecule has 0 aliphatic rings. The van der Waals surface area contributed by atoms with Crippen LogP contribution in [-0.2, 0) is 9.53 Å². The van der Waals surface area contributed by atoms with Crippen molar-refractivity contribution >= 4 is 11.9 Å². The van der Waals surface area contributed by atoms with Crippen LogP contribution in [0.5, 0.6) is 0 Å². The molecule has 1 amide bonds. The van der Waals surface area contributed by atoms with Gasteiger partial charge < -0.3 is 10.1 Å². The molecule has 1 unspecified atom stereocenters. The Bertz CT molecular complexity index is 506. The first-order valence-corrected chi connectivity index (χ1v) is 8.35. The largest absolute Gasteiger partial charge is 0.464 e. The number of hydrogen-bond donors (Lipinski definition) is 1. The van der Waals surface area contributed by atoms with E-state index in [4.69, 9.17) is 4.74 Å². The van der Waals surface area contributed by atoms with Crippen molar-refractivity contribution < 1.29 is 14.3 Å². The zero-order chi connectivity index (χ0) is 17.4. The van der Waals surface area contributed by atoms with Gasteiger partial charge in [0.15, 0.2) is 0 Å². The molecule has 0 aliphatic heterocycles. The van der Waals surface area contributed by atoms with Gasteiger partial charge >= 0.3 is 5.97 Å². The van der Waals surface area contributed by atoms with Gasteiger partial charge in [-0.2, -0.15) is 0 Å². The van der Waals surface area contributed by atoms with E-state index in [1.165, 1.54) is 0 Å². The highest BCUT2D eigenvalue weighted by Crippen LogP contribution is 2.09. The maximum Gasteiger partial charge on any atom is 0.328 e. The SMILES string of the molecule is Cc1ccc(C(=O)NC(C(=O)OCCCC(C)C)C(C)C)cc1. The van der Waals surface area contributed by atoms with E-state index in [1.54, 1.807) is 12.1 Å². The Kier molecular flexibility index (Phi) is 7.79. The lowest BCUT2D eigenvalue weighted by Crippen LogP contribution is -2.45. The van der Waals surface area contributed by atoms with Crippen LogP contribution in [0.1, 0.15) is 56.5 Å². The average molecular weight is 319 g/mol. The molecule has 4 heteroatoms. The zero-order valence-corrected chi connectivity index (χ0v) is 14.9. The van der Waals surface area contributed by atoms with Crippen molar-refractivity contribution in [3.63, 3.8) is 0 Å².